The minimum atomic E-state index is -0.0194. The summed E-state index contributed by atoms with van der Waals surface area (Å²) in [6, 6.07) is 20.9. The summed E-state index contributed by atoms with van der Waals surface area (Å²) in [4.78, 5) is 2.31. The van der Waals surface area contributed by atoms with Crippen LogP contribution < -0.4 is 4.90 Å². The molecule has 1 aliphatic heterocycles. The van der Waals surface area contributed by atoms with Crippen molar-refractivity contribution in [3.05, 3.63) is 83.1 Å². The van der Waals surface area contributed by atoms with Gasteiger partial charge in [-0.3, -0.25) is 0 Å². The highest BCUT2D eigenvalue weighted by molar-refractivity contribution is 9.10. The molecule has 1 aromatic heterocycles. The molecule has 116 valence electrons. The molecule has 0 radical (unpaired) electrons. The number of anilines is 1. The van der Waals surface area contributed by atoms with Crippen LogP contribution in [0.3, 0.4) is 0 Å². The van der Waals surface area contributed by atoms with E-state index in [0.717, 1.165) is 23.3 Å². The third-order valence-electron chi connectivity index (χ3n) is 4.10. The molecule has 0 aliphatic carbocycles. The molecule has 0 N–H and O–H groups in total. The van der Waals surface area contributed by atoms with Gasteiger partial charge in [0.1, 0.15) is 0 Å². The van der Waals surface area contributed by atoms with Crippen molar-refractivity contribution in [2.75, 3.05) is 18.1 Å². The Morgan fingerprint density at radius 1 is 0.913 bits per heavy atom. The summed E-state index contributed by atoms with van der Waals surface area (Å²) in [5.41, 5.74) is 3.52. The van der Waals surface area contributed by atoms with Crippen molar-refractivity contribution in [1.82, 2.24) is 4.57 Å². The van der Waals surface area contributed by atoms with Crippen molar-refractivity contribution in [2.45, 2.75) is 6.23 Å². The highest BCUT2D eigenvalue weighted by Gasteiger charge is 2.27. The van der Waals surface area contributed by atoms with E-state index in [-0.39, 0.29) is 6.23 Å². The van der Waals surface area contributed by atoms with Gasteiger partial charge < -0.3 is 14.2 Å². The van der Waals surface area contributed by atoms with Crippen LogP contribution in [0.25, 0.3) is 5.69 Å². The Morgan fingerprint density at radius 2 is 1.70 bits per heavy atom. The second-order valence-electron chi connectivity index (χ2n) is 5.58. The lowest BCUT2D eigenvalue weighted by Crippen LogP contribution is -2.22. The van der Waals surface area contributed by atoms with Gasteiger partial charge in [-0.25, -0.2) is 0 Å². The van der Waals surface area contributed by atoms with Crippen molar-refractivity contribution in [2.24, 2.45) is 0 Å². The fraction of sp³-hybridized carbons (Fsp3) is 0.158. The van der Waals surface area contributed by atoms with Gasteiger partial charge in [0.15, 0.2) is 6.23 Å². The molecule has 3 nitrogen and oxygen atoms in total. The molecule has 23 heavy (non-hydrogen) atoms. The number of hydrogen-bond donors (Lipinski definition) is 0. The summed E-state index contributed by atoms with van der Waals surface area (Å²) < 4.78 is 9.20. The molecule has 1 atom stereocenters. The van der Waals surface area contributed by atoms with Crippen LogP contribution in [-0.2, 0) is 4.74 Å². The van der Waals surface area contributed by atoms with Crippen molar-refractivity contribution in [3.8, 4) is 5.69 Å². The molecule has 2 heterocycles. The van der Waals surface area contributed by atoms with Gasteiger partial charge in [0.2, 0.25) is 0 Å². The Morgan fingerprint density at radius 3 is 2.48 bits per heavy atom. The highest BCUT2D eigenvalue weighted by Crippen LogP contribution is 2.32. The van der Waals surface area contributed by atoms with Crippen LogP contribution in [0.15, 0.2) is 77.5 Å². The van der Waals surface area contributed by atoms with Crippen LogP contribution in [0.5, 0.6) is 0 Å². The van der Waals surface area contributed by atoms with Gasteiger partial charge >= 0.3 is 0 Å². The first kappa shape index (κ1) is 14.5. The van der Waals surface area contributed by atoms with E-state index < -0.39 is 0 Å². The molecule has 2 aromatic carbocycles. The quantitative estimate of drug-likeness (QED) is 0.661. The zero-order chi connectivity index (χ0) is 15.6. The molecule has 4 heteroatoms. The molecule has 1 aliphatic rings. The Labute approximate surface area is 144 Å². The number of hydrogen-bond acceptors (Lipinski definition) is 2. The zero-order valence-electron chi connectivity index (χ0n) is 12.6. The van der Waals surface area contributed by atoms with Crippen LogP contribution in [0.4, 0.5) is 5.69 Å². The second-order valence-corrected chi connectivity index (χ2v) is 6.50. The van der Waals surface area contributed by atoms with E-state index in [1.54, 1.807) is 0 Å². The predicted molar refractivity (Wildman–Crippen MR) is 96.0 cm³/mol. The Balaban J connectivity index is 1.62. The summed E-state index contributed by atoms with van der Waals surface area (Å²) in [7, 11) is 0. The Bertz CT molecular complexity index is 783. The normalized spacial score (nSPS) is 17.6. The number of benzene rings is 2. The minimum Gasteiger partial charge on any atom is -0.352 e. The molecule has 4 rings (SSSR count). The summed E-state index contributed by atoms with van der Waals surface area (Å²) in [5.74, 6) is 0. The minimum absolute atomic E-state index is 0.0194. The number of rotatable bonds is 3. The molecule has 0 amide bonds. The van der Waals surface area contributed by atoms with Gasteiger partial charge in [-0.2, -0.15) is 0 Å². The standard InChI is InChI=1S/C19H17BrN2O/c20-16-6-8-17(9-7-16)21-11-10-15(14-21)19-22(12-13-23-19)18-4-2-1-3-5-18/h1-11,14,19H,12-13H2/t19-/m0/s1. The average Bonchev–Trinajstić information content (AvgIpc) is 3.25. The van der Waals surface area contributed by atoms with E-state index in [9.17, 15) is 0 Å². The maximum Gasteiger partial charge on any atom is 0.158 e. The van der Waals surface area contributed by atoms with Crippen LogP contribution >= 0.6 is 15.9 Å². The number of ether oxygens (including phenoxy) is 1. The van der Waals surface area contributed by atoms with E-state index in [4.69, 9.17) is 4.74 Å². The lowest BCUT2D eigenvalue weighted by molar-refractivity contribution is 0.114. The van der Waals surface area contributed by atoms with E-state index in [1.807, 2.05) is 6.07 Å². The zero-order valence-corrected chi connectivity index (χ0v) is 14.2. The van der Waals surface area contributed by atoms with Gasteiger partial charge in [0, 0.05) is 40.3 Å². The summed E-state index contributed by atoms with van der Waals surface area (Å²) in [6.45, 7) is 1.67. The fourth-order valence-electron chi connectivity index (χ4n) is 2.96. The third-order valence-corrected chi connectivity index (χ3v) is 4.63. The van der Waals surface area contributed by atoms with Gasteiger partial charge in [-0.15, -0.1) is 0 Å². The molecule has 1 saturated heterocycles. The van der Waals surface area contributed by atoms with Crippen LogP contribution in [0.2, 0.25) is 0 Å². The molecule has 0 saturated carbocycles. The first-order valence-electron chi connectivity index (χ1n) is 7.68. The molecule has 0 bridgehead atoms. The van der Waals surface area contributed by atoms with Gasteiger partial charge in [0.05, 0.1) is 6.61 Å². The Hall–Kier alpha value is -2.04. The lowest BCUT2D eigenvalue weighted by atomic mass is 10.2. The summed E-state index contributed by atoms with van der Waals surface area (Å²) in [5, 5.41) is 0. The average molecular weight is 369 g/mol. The maximum atomic E-state index is 5.98. The fourth-order valence-corrected chi connectivity index (χ4v) is 3.23. The van der Waals surface area contributed by atoms with Crippen LogP contribution in [0.1, 0.15) is 11.8 Å². The number of para-hydroxylation sites is 1. The van der Waals surface area contributed by atoms with Crippen LogP contribution in [0, 0.1) is 0 Å². The summed E-state index contributed by atoms with van der Waals surface area (Å²) >= 11 is 3.47. The van der Waals surface area contributed by atoms with Crippen molar-refractivity contribution >= 4 is 21.6 Å². The largest absolute Gasteiger partial charge is 0.352 e. The third kappa shape index (κ3) is 2.92. The smallest absolute Gasteiger partial charge is 0.158 e. The van der Waals surface area contributed by atoms with Crippen molar-refractivity contribution in [3.63, 3.8) is 0 Å². The maximum absolute atomic E-state index is 5.98. The first-order chi connectivity index (χ1) is 11.3. The highest BCUT2D eigenvalue weighted by atomic mass is 79.9. The number of halogens is 1. The van der Waals surface area contributed by atoms with Crippen molar-refractivity contribution < 1.29 is 4.74 Å². The van der Waals surface area contributed by atoms with Gasteiger partial charge in [0.25, 0.3) is 0 Å². The molecule has 0 spiro atoms. The van der Waals surface area contributed by atoms with Gasteiger partial charge in [-0.1, -0.05) is 34.1 Å². The molecule has 0 unspecified atom stereocenters. The lowest BCUT2D eigenvalue weighted by Gasteiger charge is -2.24. The van der Waals surface area contributed by atoms with Crippen LogP contribution in [-0.4, -0.2) is 17.7 Å². The van der Waals surface area contributed by atoms with E-state index in [0.29, 0.717) is 0 Å². The van der Waals surface area contributed by atoms with Crippen molar-refractivity contribution in [1.29, 1.82) is 0 Å². The predicted octanol–water partition coefficient (Wildman–Crippen LogP) is 4.78. The second kappa shape index (κ2) is 6.22. The molecular formula is C19H17BrN2O. The molecule has 3 aromatic rings. The summed E-state index contributed by atoms with van der Waals surface area (Å²) in [6.07, 6.45) is 4.22. The van der Waals surface area contributed by atoms with E-state index in [2.05, 4.69) is 92.4 Å². The van der Waals surface area contributed by atoms with Gasteiger partial charge in [-0.05, 0) is 42.5 Å². The van der Waals surface area contributed by atoms with E-state index in [1.165, 1.54) is 11.3 Å². The molecular weight excluding hydrogens is 352 g/mol. The number of aromatic nitrogens is 1. The molecule has 1 fully saturated rings. The SMILES string of the molecule is Brc1ccc(-n2ccc([C@@H]3OCCN3c3ccccc3)c2)cc1. The topological polar surface area (TPSA) is 17.4 Å². The monoisotopic (exact) mass is 368 g/mol. The Kier molecular flexibility index (Phi) is 3.93. The van der Waals surface area contributed by atoms with E-state index >= 15 is 0 Å². The first-order valence-corrected chi connectivity index (χ1v) is 8.48. The number of nitrogens with zero attached hydrogens (tertiary/aromatic N) is 2.